The average Bonchev–Trinajstić information content (AvgIpc) is 2.38. The third-order valence-electron chi connectivity index (χ3n) is 2.67. The Morgan fingerprint density at radius 3 is 2.71 bits per heavy atom. The van der Waals surface area contributed by atoms with E-state index < -0.39 is 6.10 Å². The fourth-order valence-electron chi connectivity index (χ4n) is 1.81. The first-order chi connectivity index (χ1) is 8.22. The lowest BCUT2D eigenvalue weighted by Crippen LogP contribution is -2.02. The normalized spacial score (nSPS) is 12.2. The highest BCUT2D eigenvalue weighted by Crippen LogP contribution is 2.29. The van der Waals surface area contributed by atoms with E-state index in [0.29, 0.717) is 5.75 Å². The Balaban J connectivity index is 2.40. The van der Waals surface area contributed by atoms with Crippen LogP contribution in [-0.4, -0.2) is 17.2 Å². The molecule has 2 aromatic rings. The van der Waals surface area contributed by atoms with Crippen LogP contribution < -0.4 is 4.74 Å². The Labute approximate surface area is 101 Å². The molecule has 0 aliphatic heterocycles. The summed E-state index contributed by atoms with van der Waals surface area (Å²) >= 11 is 0. The van der Waals surface area contributed by atoms with Crippen molar-refractivity contribution in [3.63, 3.8) is 0 Å². The van der Waals surface area contributed by atoms with Gasteiger partial charge < -0.3 is 9.84 Å². The zero-order valence-corrected chi connectivity index (χ0v) is 9.92. The minimum Gasteiger partial charge on any atom is -0.496 e. The zero-order valence-electron chi connectivity index (χ0n) is 9.92. The highest BCUT2D eigenvalue weighted by atomic mass is 16.5. The molecule has 0 saturated heterocycles. The third-order valence-corrected chi connectivity index (χ3v) is 2.67. The minimum absolute atomic E-state index is 0.687. The van der Waals surface area contributed by atoms with E-state index in [1.807, 2.05) is 43.3 Å². The minimum atomic E-state index is -0.687. The maximum absolute atomic E-state index is 10.3. The van der Waals surface area contributed by atoms with Gasteiger partial charge in [-0.3, -0.25) is 4.98 Å². The van der Waals surface area contributed by atoms with Crippen molar-refractivity contribution >= 4 is 0 Å². The molecule has 1 aromatic heterocycles. The summed E-state index contributed by atoms with van der Waals surface area (Å²) in [5, 5.41) is 10.3. The highest BCUT2D eigenvalue weighted by molar-refractivity contribution is 5.40. The molecular weight excluding hydrogens is 214 g/mol. The van der Waals surface area contributed by atoms with Crippen molar-refractivity contribution in [2.45, 2.75) is 13.0 Å². The molecule has 1 N–H and O–H groups in total. The van der Waals surface area contributed by atoms with Crippen molar-refractivity contribution in [2.75, 3.05) is 7.11 Å². The third kappa shape index (κ3) is 2.45. The predicted molar refractivity (Wildman–Crippen MR) is 66.0 cm³/mol. The molecule has 0 bridgehead atoms. The number of nitrogens with zero attached hydrogens (tertiary/aromatic N) is 1. The first kappa shape index (κ1) is 11.6. The number of methoxy groups -OCH3 is 1. The molecule has 0 radical (unpaired) electrons. The van der Waals surface area contributed by atoms with Crippen LogP contribution in [0, 0.1) is 6.92 Å². The largest absolute Gasteiger partial charge is 0.496 e. The summed E-state index contributed by atoms with van der Waals surface area (Å²) in [6.45, 7) is 1.90. The summed E-state index contributed by atoms with van der Waals surface area (Å²) in [5.74, 6) is 0.689. The van der Waals surface area contributed by atoms with Gasteiger partial charge in [0.05, 0.1) is 7.11 Å². The second-order valence-electron chi connectivity index (χ2n) is 3.88. The smallest absolute Gasteiger partial charge is 0.125 e. The maximum atomic E-state index is 10.3. The number of para-hydroxylation sites is 1. The quantitative estimate of drug-likeness (QED) is 0.879. The van der Waals surface area contributed by atoms with Gasteiger partial charge in [0.2, 0.25) is 0 Å². The van der Waals surface area contributed by atoms with Gasteiger partial charge in [-0.2, -0.15) is 0 Å². The van der Waals surface area contributed by atoms with Gasteiger partial charge in [-0.15, -0.1) is 0 Å². The summed E-state index contributed by atoms with van der Waals surface area (Å²) in [4.78, 5) is 4.12. The van der Waals surface area contributed by atoms with Crippen molar-refractivity contribution in [1.82, 2.24) is 4.98 Å². The van der Waals surface area contributed by atoms with Gasteiger partial charge in [-0.05, 0) is 30.7 Å². The second kappa shape index (κ2) is 4.97. The molecule has 0 fully saturated rings. The van der Waals surface area contributed by atoms with Gasteiger partial charge >= 0.3 is 0 Å². The molecule has 2 rings (SSSR count). The van der Waals surface area contributed by atoms with E-state index >= 15 is 0 Å². The fourth-order valence-corrected chi connectivity index (χ4v) is 1.81. The van der Waals surface area contributed by atoms with E-state index in [-0.39, 0.29) is 0 Å². The number of ether oxygens (including phenoxy) is 1. The summed E-state index contributed by atoms with van der Waals surface area (Å²) < 4.78 is 5.24. The number of pyridine rings is 1. The Morgan fingerprint density at radius 2 is 2.00 bits per heavy atom. The summed E-state index contributed by atoms with van der Waals surface area (Å²) in [6, 6.07) is 11.1. The van der Waals surface area contributed by atoms with Gasteiger partial charge in [0, 0.05) is 17.5 Å². The number of aryl methyl sites for hydroxylation is 1. The maximum Gasteiger partial charge on any atom is 0.125 e. The van der Waals surface area contributed by atoms with Crippen LogP contribution in [0.1, 0.15) is 22.9 Å². The highest BCUT2D eigenvalue weighted by Gasteiger charge is 2.14. The Bertz CT molecular complexity index is 511. The lowest BCUT2D eigenvalue weighted by atomic mass is 10.0. The predicted octanol–water partition coefficient (Wildman–Crippen LogP) is 2.48. The van der Waals surface area contributed by atoms with Crippen molar-refractivity contribution in [3.8, 4) is 5.75 Å². The van der Waals surface area contributed by atoms with E-state index in [4.69, 9.17) is 4.74 Å². The van der Waals surface area contributed by atoms with Gasteiger partial charge in [0.15, 0.2) is 0 Å². The fraction of sp³-hybridized carbons (Fsp3) is 0.214. The van der Waals surface area contributed by atoms with Crippen LogP contribution in [0.3, 0.4) is 0 Å². The average molecular weight is 229 g/mol. The molecule has 88 valence electrons. The molecule has 1 aromatic carbocycles. The van der Waals surface area contributed by atoms with Crippen molar-refractivity contribution in [1.29, 1.82) is 0 Å². The Kier molecular flexibility index (Phi) is 3.40. The number of hydrogen-bond donors (Lipinski definition) is 1. The van der Waals surface area contributed by atoms with Gasteiger partial charge in [0.25, 0.3) is 0 Å². The van der Waals surface area contributed by atoms with Gasteiger partial charge in [-0.1, -0.05) is 18.2 Å². The van der Waals surface area contributed by atoms with Crippen molar-refractivity contribution in [3.05, 3.63) is 59.4 Å². The Hall–Kier alpha value is -1.87. The first-order valence-electron chi connectivity index (χ1n) is 5.46. The number of aliphatic hydroxyl groups excluding tert-OH is 1. The van der Waals surface area contributed by atoms with E-state index in [1.165, 1.54) is 0 Å². The lowest BCUT2D eigenvalue weighted by molar-refractivity contribution is 0.214. The first-order valence-corrected chi connectivity index (χ1v) is 5.46. The number of hydrogen-bond acceptors (Lipinski definition) is 3. The molecule has 1 atom stereocenters. The van der Waals surface area contributed by atoms with E-state index in [1.54, 1.807) is 13.3 Å². The van der Waals surface area contributed by atoms with Crippen molar-refractivity contribution in [2.24, 2.45) is 0 Å². The van der Waals surface area contributed by atoms with Crippen LogP contribution in [-0.2, 0) is 0 Å². The van der Waals surface area contributed by atoms with Gasteiger partial charge in [0.1, 0.15) is 11.9 Å². The molecule has 1 unspecified atom stereocenters. The molecule has 3 heteroatoms. The van der Waals surface area contributed by atoms with E-state index in [9.17, 15) is 5.11 Å². The monoisotopic (exact) mass is 229 g/mol. The summed E-state index contributed by atoms with van der Waals surface area (Å²) in [5.41, 5.74) is 2.47. The number of rotatable bonds is 3. The molecule has 0 spiro atoms. The van der Waals surface area contributed by atoms with Crippen LogP contribution in [0.2, 0.25) is 0 Å². The standard InChI is InChI=1S/C14H15NO2/c1-10-9-11(7-8-15-10)14(16)12-5-3-4-6-13(12)17-2/h3-9,14,16H,1-2H3. The molecule has 1 heterocycles. The molecule has 0 aliphatic rings. The number of benzene rings is 1. The number of aromatic nitrogens is 1. The van der Waals surface area contributed by atoms with Crippen LogP contribution >= 0.6 is 0 Å². The van der Waals surface area contributed by atoms with Gasteiger partial charge in [-0.25, -0.2) is 0 Å². The molecule has 17 heavy (non-hydrogen) atoms. The van der Waals surface area contributed by atoms with Crippen molar-refractivity contribution < 1.29 is 9.84 Å². The second-order valence-corrected chi connectivity index (χ2v) is 3.88. The topological polar surface area (TPSA) is 42.4 Å². The van der Waals surface area contributed by atoms with Crippen LogP contribution in [0.5, 0.6) is 5.75 Å². The molecule has 3 nitrogen and oxygen atoms in total. The zero-order chi connectivity index (χ0) is 12.3. The van der Waals surface area contributed by atoms with E-state index in [2.05, 4.69) is 4.98 Å². The molecular formula is C14H15NO2. The Morgan fingerprint density at radius 1 is 1.24 bits per heavy atom. The SMILES string of the molecule is COc1ccccc1C(O)c1ccnc(C)c1. The van der Waals surface area contributed by atoms with E-state index in [0.717, 1.165) is 16.8 Å². The molecule has 0 aliphatic carbocycles. The lowest BCUT2D eigenvalue weighted by Gasteiger charge is -2.15. The van der Waals surface area contributed by atoms with Crippen LogP contribution in [0.15, 0.2) is 42.6 Å². The summed E-state index contributed by atoms with van der Waals surface area (Å²) in [7, 11) is 1.60. The summed E-state index contributed by atoms with van der Waals surface area (Å²) in [6.07, 6.45) is 1.01. The van der Waals surface area contributed by atoms with Crippen LogP contribution in [0.4, 0.5) is 0 Å². The van der Waals surface area contributed by atoms with Crippen LogP contribution in [0.25, 0.3) is 0 Å². The molecule has 0 amide bonds. The number of aliphatic hydroxyl groups is 1. The molecule has 0 saturated carbocycles.